The van der Waals surface area contributed by atoms with Crippen LogP contribution in [0.4, 0.5) is 4.39 Å². The topological polar surface area (TPSA) is 17.1 Å². The molecule has 0 saturated heterocycles. The smallest absolute Gasteiger partial charge is 0.126 e. The third-order valence-corrected chi connectivity index (χ3v) is 2.27. The third kappa shape index (κ3) is 2.52. The summed E-state index contributed by atoms with van der Waals surface area (Å²) in [4.78, 5) is 10.1. The van der Waals surface area contributed by atoms with Crippen molar-refractivity contribution in [2.24, 2.45) is 0 Å². The fourth-order valence-electron chi connectivity index (χ4n) is 1.09. The quantitative estimate of drug-likeness (QED) is 0.686. The molecule has 0 bridgehead atoms. The second-order valence-electron chi connectivity index (χ2n) is 2.90. The number of carbonyl (C=O) groups excluding carboxylic acids is 1. The molecule has 0 aliphatic carbocycles. The molecule has 0 amide bonds. The van der Waals surface area contributed by atoms with E-state index < -0.39 is 0 Å². The third-order valence-electron chi connectivity index (χ3n) is 1.86. The van der Waals surface area contributed by atoms with Gasteiger partial charge in [-0.1, -0.05) is 11.6 Å². The van der Waals surface area contributed by atoms with Crippen LogP contribution in [-0.4, -0.2) is 6.29 Å². The minimum atomic E-state index is -0.288. The molecule has 0 spiro atoms. The fraction of sp³-hybridized carbons (Fsp3) is 0.300. The normalized spacial score (nSPS) is 10.1. The Morgan fingerprint density at radius 3 is 2.85 bits per heavy atom. The zero-order valence-corrected chi connectivity index (χ0v) is 8.07. The number of hydrogen-bond donors (Lipinski definition) is 0. The van der Waals surface area contributed by atoms with E-state index in [2.05, 4.69) is 0 Å². The number of carbonyl (C=O) groups is 1. The molecule has 3 heteroatoms. The number of aldehydes is 1. The van der Waals surface area contributed by atoms with Crippen LogP contribution in [0.15, 0.2) is 12.1 Å². The Labute approximate surface area is 81.5 Å². The summed E-state index contributed by atoms with van der Waals surface area (Å²) in [6, 6.07) is 2.97. The molecule has 0 N–H and O–H groups in total. The van der Waals surface area contributed by atoms with Crippen LogP contribution in [0.3, 0.4) is 0 Å². The van der Waals surface area contributed by atoms with Crippen LogP contribution in [0.2, 0.25) is 5.02 Å². The van der Waals surface area contributed by atoms with Crippen LogP contribution in [0, 0.1) is 12.7 Å². The highest BCUT2D eigenvalue weighted by atomic mass is 35.5. The van der Waals surface area contributed by atoms with Gasteiger partial charge in [-0.25, -0.2) is 4.39 Å². The highest BCUT2D eigenvalue weighted by Gasteiger charge is 2.05. The van der Waals surface area contributed by atoms with Crippen molar-refractivity contribution in [3.8, 4) is 0 Å². The summed E-state index contributed by atoms with van der Waals surface area (Å²) in [7, 11) is 0. The number of halogens is 2. The van der Waals surface area contributed by atoms with Gasteiger partial charge in [0.25, 0.3) is 0 Å². The second kappa shape index (κ2) is 4.38. The molecule has 0 unspecified atom stereocenters. The van der Waals surface area contributed by atoms with Gasteiger partial charge in [-0.15, -0.1) is 0 Å². The van der Waals surface area contributed by atoms with Crippen molar-refractivity contribution in [3.63, 3.8) is 0 Å². The minimum Gasteiger partial charge on any atom is -0.303 e. The maximum atomic E-state index is 13.2. The molecule has 1 aromatic rings. The van der Waals surface area contributed by atoms with Gasteiger partial charge in [0.15, 0.2) is 0 Å². The van der Waals surface area contributed by atoms with E-state index in [1.165, 1.54) is 6.07 Å². The van der Waals surface area contributed by atoms with Gasteiger partial charge < -0.3 is 4.79 Å². The predicted octanol–water partition coefficient (Wildman–Crippen LogP) is 2.92. The van der Waals surface area contributed by atoms with Gasteiger partial charge in [0.05, 0.1) is 0 Å². The fourth-order valence-corrected chi connectivity index (χ4v) is 1.28. The summed E-state index contributed by atoms with van der Waals surface area (Å²) < 4.78 is 13.2. The molecule has 1 nitrogen and oxygen atoms in total. The molecule has 0 saturated carbocycles. The zero-order valence-electron chi connectivity index (χ0n) is 7.31. The van der Waals surface area contributed by atoms with Crippen molar-refractivity contribution >= 4 is 17.9 Å². The van der Waals surface area contributed by atoms with Gasteiger partial charge in [0, 0.05) is 11.4 Å². The first-order chi connectivity index (χ1) is 6.15. The number of benzene rings is 1. The Bertz CT molecular complexity index is 323. The summed E-state index contributed by atoms with van der Waals surface area (Å²) in [5, 5.41) is 0.544. The molecule has 0 fully saturated rings. The van der Waals surface area contributed by atoms with Gasteiger partial charge in [0.1, 0.15) is 12.1 Å². The van der Waals surface area contributed by atoms with Crippen molar-refractivity contribution in [3.05, 3.63) is 34.1 Å². The number of aryl methyl sites for hydroxylation is 2. The van der Waals surface area contributed by atoms with Crippen molar-refractivity contribution < 1.29 is 9.18 Å². The lowest BCUT2D eigenvalue weighted by atomic mass is 10.1. The zero-order chi connectivity index (χ0) is 9.84. The van der Waals surface area contributed by atoms with Crippen LogP contribution < -0.4 is 0 Å². The van der Waals surface area contributed by atoms with Crippen LogP contribution in [0.25, 0.3) is 0 Å². The molecule has 0 atom stereocenters. The summed E-state index contributed by atoms with van der Waals surface area (Å²) in [5.41, 5.74) is 1.22. The molecule has 0 radical (unpaired) electrons. The van der Waals surface area contributed by atoms with Gasteiger partial charge in [-0.05, 0) is 36.6 Å². The van der Waals surface area contributed by atoms with Crippen LogP contribution in [0.5, 0.6) is 0 Å². The van der Waals surface area contributed by atoms with Crippen molar-refractivity contribution in [2.75, 3.05) is 0 Å². The first kappa shape index (κ1) is 10.2. The average Bonchev–Trinajstić information content (AvgIpc) is 2.09. The van der Waals surface area contributed by atoms with E-state index in [1.54, 1.807) is 13.0 Å². The Morgan fingerprint density at radius 2 is 2.23 bits per heavy atom. The highest BCUT2D eigenvalue weighted by molar-refractivity contribution is 6.31. The van der Waals surface area contributed by atoms with Crippen LogP contribution in [0.1, 0.15) is 17.5 Å². The Balaban J connectivity index is 2.94. The number of rotatable bonds is 3. The lowest BCUT2D eigenvalue weighted by Gasteiger charge is -2.03. The SMILES string of the molecule is Cc1cc(F)c(CCC=O)cc1Cl. The standard InChI is InChI=1S/C10H10ClFO/c1-7-5-10(12)8(3-2-4-13)6-9(7)11/h4-6H,2-3H2,1H3. The van der Waals surface area contributed by atoms with Gasteiger partial charge in [-0.2, -0.15) is 0 Å². The van der Waals surface area contributed by atoms with E-state index in [4.69, 9.17) is 11.6 Å². The Hall–Kier alpha value is -0.890. The summed E-state index contributed by atoms with van der Waals surface area (Å²) in [5.74, 6) is -0.288. The Morgan fingerprint density at radius 1 is 1.54 bits per heavy atom. The largest absolute Gasteiger partial charge is 0.303 e. The minimum absolute atomic E-state index is 0.288. The van der Waals surface area contributed by atoms with E-state index in [-0.39, 0.29) is 5.82 Å². The summed E-state index contributed by atoms with van der Waals surface area (Å²) in [6.07, 6.45) is 1.51. The van der Waals surface area contributed by atoms with Crippen molar-refractivity contribution in [1.82, 2.24) is 0 Å². The summed E-state index contributed by atoms with van der Waals surface area (Å²) in [6.45, 7) is 1.74. The molecule has 0 aliphatic heterocycles. The molecule has 0 aromatic heterocycles. The predicted molar refractivity (Wildman–Crippen MR) is 50.5 cm³/mol. The lowest BCUT2D eigenvalue weighted by Crippen LogP contribution is -1.93. The average molecular weight is 201 g/mol. The van der Waals surface area contributed by atoms with Gasteiger partial charge >= 0.3 is 0 Å². The molecule has 13 heavy (non-hydrogen) atoms. The molecule has 1 rings (SSSR count). The molecular formula is C10H10ClFO. The van der Waals surface area contributed by atoms with Crippen molar-refractivity contribution in [2.45, 2.75) is 19.8 Å². The molecular weight excluding hydrogens is 191 g/mol. The van der Waals surface area contributed by atoms with E-state index in [9.17, 15) is 9.18 Å². The molecule has 0 aliphatic rings. The van der Waals surface area contributed by atoms with Crippen LogP contribution >= 0.6 is 11.6 Å². The van der Waals surface area contributed by atoms with Crippen LogP contribution in [-0.2, 0) is 11.2 Å². The Kier molecular flexibility index (Phi) is 3.43. The van der Waals surface area contributed by atoms with E-state index >= 15 is 0 Å². The van der Waals surface area contributed by atoms with E-state index in [1.807, 2.05) is 0 Å². The molecule has 1 aromatic carbocycles. The maximum absolute atomic E-state index is 13.2. The highest BCUT2D eigenvalue weighted by Crippen LogP contribution is 2.20. The second-order valence-corrected chi connectivity index (χ2v) is 3.31. The maximum Gasteiger partial charge on any atom is 0.126 e. The lowest BCUT2D eigenvalue weighted by molar-refractivity contribution is -0.107. The van der Waals surface area contributed by atoms with Gasteiger partial charge in [0.2, 0.25) is 0 Å². The monoisotopic (exact) mass is 200 g/mol. The first-order valence-corrected chi connectivity index (χ1v) is 4.41. The van der Waals surface area contributed by atoms with Crippen molar-refractivity contribution in [1.29, 1.82) is 0 Å². The number of hydrogen-bond acceptors (Lipinski definition) is 1. The first-order valence-electron chi connectivity index (χ1n) is 4.03. The molecule has 0 heterocycles. The van der Waals surface area contributed by atoms with Gasteiger partial charge in [-0.3, -0.25) is 0 Å². The van der Waals surface area contributed by atoms with E-state index in [0.717, 1.165) is 6.29 Å². The van der Waals surface area contributed by atoms with E-state index in [0.29, 0.717) is 29.0 Å². The molecule has 70 valence electrons. The summed E-state index contributed by atoms with van der Waals surface area (Å²) >= 11 is 5.81.